The molecule has 1 heterocycles. The van der Waals surface area contributed by atoms with Gasteiger partial charge in [-0.2, -0.15) is 0 Å². The molecule has 0 amide bonds. The zero-order valence-electron chi connectivity index (χ0n) is 11.0. The second kappa shape index (κ2) is 5.74. The Morgan fingerprint density at radius 2 is 1.83 bits per heavy atom. The van der Waals surface area contributed by atoms with Crippen LogP contribution in [-0.4, -0.2) is 13.2 Å². The molecule has 1 aromatic heterocycles. The van der Waals surface area contributed by atoms with Crippen LogP contribution >= 0.6 is 0 Å². The summed E-state index contributed by atoms with van der Waals surface area (Å²) in [6, 6.07) is 12.0. The lowest BCUT2D eigenvalue weighted by molar-refractivity contribution is 0.242. The third-order valence-corrected chi connectivity index (χ3v) is 2.70. The lowest BCUT2D eigenvalue weighted by atomic mass is 10.0. The largest absolute Gasteiger partial charge is 0.491 e. The Hall–Kier alpha value is -1.74. The van der Waals surface area contributed by atoms with E-state index in [0.717, 1.165) is 17.1 Å². The molecule has 0 aliphatic carbocycles. The van der Waals surface area contributed by atoms with E-state index >= 15 is 0 Å². The number of rotatable bonds is 5. The molecule has 96 valence electrons. The van der Waals surface area contributed by atoms with Crippen molar-refractivity contribution in [3.05, 3.63) is 54.0 Å². The molecule has 0 fully saturated rings. The molecule has 0 bridgehead atoms. The first-order valence-corrected chi connectivity index (χ1v) is 6.18. The normalized spacial score (nSPS) is 12.7. The molecule has 0 radical (unpaired) electrons. The van der Waals surface area contributed by atoms with E-state index in [1.165, 1.54) is 0 Å². The van der Waals surface area contributed by atoms with Gasteiger partial charge in [-0.1, -0.05) is 12.1 Å². The fourth-order valence-corrected chi connectivity index (χ4v) is 1.94. The van der Waals surface area contributed by atoms with Crippen LogP contribution in [0.25, 0.3) is 0 Å². The molecule has 3 heteroatoms. The molecule has 2 aromatic rings. The minimum Gasteiger partial charge on any atom is -0.491 e. The predicted octanol–water partition coefficient (Wildman–Crippen LogP) is 3.38. The summed E-state index contributed by atoms with van der Waals surface area (Å²) < 4.78 is 11.1. The molecular weight excluding hydrogens is 226 g/mol. The van der Waals surface area contributed by atoms with E-state index in [9.17, 15) is 0 Å². The van der Waals surface area contributed by atoms with Crippen molar-refractivity contribution in [2.45, 2.75) is 26.0 Å². The Morgan fingerprint density at radius 1 is 1.11 bits per heavy atom. The highest BCUT2D eigenvalue weighted by molar-refractivity contribution is 5.32. The molecule has 0 aliphatic heterocycles. The minimum absolute atomic E-state index is 0.0769. The summed E-state index contributed by atoms with van der Waals surface area (Å²) in [6.07, 6.45) is 1.89. The van der Waals surface area contributed by atoms with Gasteiger partial charge < -0.3 is 14.5 Å². The number of benzene rings is 1. The first-order valence-electron chi connectivity index (χ1n) is 6.18. The van der Waals surface area contributed by atoms with Gasteiger partial charge in [0.15, 0.2) is 0 Å². The molecule has 1 unspecified atom stereocenters. The average Bonchev–Trinajstić information content (AvgIpc) is 2.85. The monoisotopic (exact) mass is 245 g/mol. The third-order valence-electron chi connectivity index (χ3n) is 2.70. The fourth-order valence-electron chi connectivity index (χ4n) is 1.94. The molecular formula is C15H19NO2. The van der Waals surface area contributed by atoms with Crippen LogP contribution in [-0.2, 0) is 0 Å². The lowest BCUT2D eigenvalue weighted by Gasteiger charge is -2.15. The second-order valence-corrected chi connectivity index (χ2v) is 4.47. The van der Waals surface area contributed by atoms with Crippen molar-refractivity contribution in [2.75, 3.05) is 7.05 Å². The van der Waals surface area contributed by atoms with Gasteiger partial charge in [0.25, 0.3) is 0 Å². The number of hydrogen-bond donors (Lipinski definition) is 1. The number of hydrogen-bond acceptors (Lipinski definition) is 3. The zero-order chi connectivity index (χ0) is 13.0. The fraction of sp³-hybridized carbons (Fsp3) is 0.333. The minimum atomic E-state index is 0.0769. The molecule has 2 rings (SSSR count). The van der Waals surface area contributed by atoms with E-state index in [2.05, 4.69) is 17.4 Å². The number of ether oxygens (including phenoxy) is 1. The summed E-state index contributed by atoms with van der Waals surface area (Å²) >= 11 is 0. The molecule has 0 saturated carbocycles. The van der Waals surface area contributed by atoms with Crippen LogP contribution in [0.5, 0.6) is 5.75 Å². The summed E-state index contributed by atoms with van der Waals surface area (Å²) in [5.74, 6) is 1.80. The summed E-state index contributed by atoms with van der Waals surface area (Å²) in [7, 11) is 1.92. The maximum absolute atomic E-state index is 5.63. The highest BCUT2D eigenvalue weighted by Crippen LogP contribution is 2.24. The number of furan rings is 1. The van der Waals surface area contributed by atoms with Crippen molar-refractivity contribution in [3.63, 3.8) is 0 Å². The van der Waals surface area contributed by atoms with Gasteiger partial charge in [0.05, 0.1) is 18.4 Å². The van der Waals surface area contributed by atoms with Crippen molar-refractivity contribution in [2.24, 2.45) is 0 Å². The molecule has 1 aromatic carbocycles. The Labute approximate surface area is 108 Å². The highest BCUT2D eigenvalue weighted by atomic mass is 16.5. The Bertz CT molecular complexity index is 460. The van der Waals surface area contributed by atoms with Gasteiger partial charge in [-0.05, 0) is 50.7 Å². The van der Waals surface area contributed by atoms with Crippen LogP contribution in [0.3, 0.4) is 0 Å². The topological polar surface area (TPSA) is 34.4 Å². The third kappa shape index (κ3) is 2.93. The SMILES string of the molecule is CNC(c1ccc(OC(C)C)cc1)c1ccco1. The Morgan fingerprint density at radius 3 is 2.33 bits per heavy atom. The van der Waals surface area contributed by atoms with Crippen molar-refractivity contribution >= 4 is 0 Å². The first-order chi connectivity index (χ1) is 8.70. The molecule has 0 spiro atoms. The van der Waals surface area contributed by atoms with Gasteiger partial charge in [0.2, 0.25) is 0 Å². The van der Waals surface area contributed by atoms with Crippen molar-refractivity contribution in [1.29, 1.82) is 0 Å². The lowest BCUT2D eigenvalue weighted by Crippen LogP contribution is -2.16. The van der Waals surface area contributed by atoms with E-state index < -0.39 is 0 Å². The van der Waals surface area contributed by atoms with E-state index in [0.29, 0.717) is 0 Å². The second-order valence-electron chi connectivity index (χ2n) is 4.47. The van der Waals surface area contributed by atoms with E-state index in [1.807, 2.05) is 45.2 Å². The predicted molar refractivity (Wildman–Crippen MR) is 71.8 cm³/mol. The van der Waals surface area contributed by atoms with Crippen LogP contribution in [0.1, 0.15) is 31.2 Å². The average molecular weight is 245 g/mol. The first kappa shape index (κ1) is 12.7. The molecule has 0 saturated heterocycles. The van der Waals surface area contributed by atoms with Crippen molar-refractivity contribution in [1.82, 2.24) is 5.32 Å². The van der Waals surface area contributed by atoms with E-state index in [1.54, 1.807) is 6.26 Å². The van der Waals surface area contributed by atoms with Gasteiger partial charge in [-0.25, -0.2) is 0 Å². The molecule has 0 aliphatic rings. The Kier molecular flexibility index (Phi) is 4.05. The van der Waals surface area contributed by atoms with Crippen molar-refractivity contribution < 1.29 is 9.15 Å². The quantitative estimate of drug-likeness (QED) is 0.877. The summed E-state index contributed by atoms with van der Waals surface area (Å²) in [5.41, 5.74) is 1.16. The zero-order valence-corrected chi connectivity index (χ0v) is 11.0. The standard InChI is InChI=1S/C15H19NO2/c1-11(2)18-13-8-6-12(7-9-13)15(16-3)14-5-4-10-17-14/h4-11,15-16H,1-3H3. The van der Waals surface area contributed by atoms with Gasteiger partial charge in [-0.15, -0.1) is 0 Å². The maximum Gasteiger partial charge on any atom is 0.125 e. The molecule has 1 N–H and O–H groups in total. The van der Waals surface area contributed by atoms with E-state index in [-0.39, 0.29) is 12.1 Å². The molecule has 3 nitrogen and oxygen atoms in total. The van der Waals surface area contributed by atoms with Gasteiger partial charge in [0.1, 0.15) is 11.5 Å². The summed E-state index contributed by atoms with van der Waals surface area (Å²) in [5, 5.41) is 3.25. The van der Waals surface area contributed by atoms with Crippen LogP contribution in [0.15, 0.2) is 47.1 Å². The summed E-state index contributed by atoms with van der Waals surface area (Å²) in [6.45, 7) is 4.04. The van der Waals surface area contributed by atoms with Crippen LogP contribution in [0.4, 0.5) is 0 Å². The molecule has 18 heavy (non-hydrogen) atoms. The Balaban J connectivity index is 2.17. The van der Waals surface area contributed by atoms with Crippen LogP contribution < -0.4 is 10.1 Å². The van der Waals surface area contributed by atoms with Crippen molar-refractivity contribution in [3.8, 4) is 5.75 Å². The van der Waals surface area contributed by atoms with Gasteiger partial charge in [0, 0.05) is 0 Å². The van der Waals surface area contributed by atoms with E-state index in [4.69, 9.17) is 9.15 Å². The van der Waals surface area contributed by atoms with Crippen LogP contribution in [0.2, 0.25) is 0 Å². The van der Waals surface area contributed by atoms with Gasteiger partial charge in [-0.3, -0.25) is 0 Å². The van der Waals surface area contributed by atoms with Crippen LogP contribution in [0, 0.1) is 0 Å². The summed E-state index contributed by atoms with van der Waals surface area (Å²) in [4.78, 5) is 0. The number of nitrogens with one attached hydrogen (secondary N) is 1. The molecule has 1 atom stereocenters. The van der Waals surface area contributed by atoms with Gasteiger partial charge >= 0.3 is 0 Å². The smallest absolute Gasteiger partial charge is 0.125 e. The maximum atomic E-state index is 5.63. The highest BCUT2D eigenvalue weighted by Gasteiger charge is 2.14.